The fourth-order valence-corrected chi connectivity index (χ4v) is 5.20. The molecular weight excluding hydrogens is 514 g/mol. The number of anilines is 1. The topological polar surface area (TPSA) is 86.1 Å². The van der Waals surface area contributed by atoms with Crippen molar-refractivity contribution in [1.82, 2.24) is 14.5 Å². The number of carbonyl (C=O) groups is 2. The number of nitrogens with zero attached hydrogens (tertiary/aromatic N) is 3. The van der Waals surface area contributed by atoms with E-state index in [2.05, 4.69) is 15.3 Å². The van der Waals surface area contributed by atoms with Crippen LogP contribution in [0.3, 0.4) is 0 Å². The zero-order valence-corrected chi connectivity index (χ0v) is 21.3. The Kier molecular flexibility index (Phi) is 7.37. The molecule has 0 radical (unpaired) electrons. The summed E-state index contributed by atoms with van der Waals surface area (Å²) in [4.78, 5) is 34.5. The minimum absolute atomic E-state index is 0.0744. The van der Waals surface area contributed by atoms with E-state index in [0.717, 1.165) is 44.2 Å². The maximum atomic E-state index is 14.5. The second-order valence-corrected chi connectivity index (χ2v) is 9.76. The molecule has 0 bridgehead atoms. The van der Waals surface area contributed by atoms with Crippen LogP contribution in [0.5, 0.6) is 0 Å². The van der Waals surface area contributed by atoms with E-state index in [9.17, 15) is 18.4 Å². The number of esters is 1. The molecule has 0 saturated heterocycles. The normalized spacial score (nSPS) is 14.8. The van der Waals surface area contributed by atoms with Crippen LogP contribution in [0.2, 0.25) is 5.02 Å². The van der Waals surface area contributed by atoms with Crippen LogP contribution >= 0.6 is 11.6 Å². The van der Waals surface area contributed by atoms with Crippen molar-refractivity contribution in [3.8, 4) is 11.4 Å². The molecule has 1 saturated carbocycles. The van der Waals surface area contributed by atoms with E-state index >= 15 is 0 Å². The predicted octanol–water partition coefficient (Wildman–Crippen LogP) is 6.58. The lowest BCUT2D eigenvalue weighted by molar-refractivity contribution is -0.121. The van der Waals surface area contributed by atoms with Gasteiger partial charge in [-0.15, -0.1) is 0 Å². The largest absolute Gasteiger partial charge is 0.465 e. The lowest BCUT2D eigenvalue weighted by Gasteiger charge is -2.31. The highest BCUT2D eigenvalue weighted by Crippen LogP contribution is 2.39. The number of benzene rings is 2. The van der Waals surface area contributed by atoms with Crippen molar-refractivity contribution < 1.29 is 23.1 Å². The Morgan fingerprint density at radius 2 is 1.76 bits per heavy atom. The Bertz CT molecular complexity index is 1480. The van der Waals surface area contributed by atoms with Gasteiger partial charge in [-0.2, -0.15) is 0 Å². The number of methoxy groups -OCH3 is 1. The van der Waals surface area contributed by atoms with Gasteiger partial charge in [0.15, 0.2) is 11.6 Å². The van der Waals surface area contributed by atoms with E-state index in [4.69, 9.17) is 16.3 Å². The molecule has 2 aromatic heterocycles. The smallest absolute Gasteiger partial charge is 0.339 e. The van der Waals surface area contributed by atoms with Gasteiger partial charge < -0.3 is 14.6 Å². The minimum atomic E-state index is -1.02. The van der Waals surface area contributed by atoms with E-state index in [1.807, 2.05) is 0 Å². The number of carbonyl (C=O) groups excluding carboxylic acids is 2. The molecule has 10 heteroatoms. The Morgan fingerprint density at radius 3 is 2.42 bits per heavy atom. The number of ether oxygens (including phenoxy) is 1. The molecular formula is C28H25ClF2N4O3. The Balaban J connectivity index is 1.63. The summed E-state index contributed by atoms with van der Waals surface area (Å²) in [5, 5.41) is 3.38. The number of hydrogen-bond donors (Lipinski definition) is 1. The van der Waals surface area contributed by atoms with Gasteiger partial charge in [0.1, 0.15) is 17.7 Å². The first-order chi connectivity index (χ1) is 18.4. The van der Waals surface area contributed by atoms with Crippen molar-refractivity contribution >= 4 is 40.3 Å². The lowest BCUT2D eigenvalue weighted by Crippen LogP contribution is -2.34. The Morgan fingerprint density at radius 1 is 1.05 bits per heavy atom. The molecule has 196 valence electrons. The second kappa shape index (κ2) is 10.9. The fraction of sp³-hybridized carbons (Fsp3) is 0.286. The van der Waals surface area contributed by atoms with Gasteiger partial charge in [-0.25, -0.2) is 23.5 Å². The number of fused-ring (bicyclic) bond motifs is 1. The highest BCUT2D eigenvalue weighted by Gasteiger charge is 2.35. The number of hydrogen-bond acceptors (Lipinski definition) is 5. The molecule has 0 aliphatic heterocycles. The number of amides is 1. The Hall–Kier alpha value is -3.85. The van der Waals surface area contributed by atoms with Gasteiger partial charge in [0.2, 0.25) is 5.91 Å². The summed E-state index contributed by atoms with van der Waals surface area (Å²) in [6, 6.07) is 11.3. The highest BCUT2D eigenvalue weighted by atomic mass is 35.5. The molecule has 7 nitrogen and oxygen atoms in total. The molecule has 4 aromatic rings. The van der Waals surface area contributed by atoms with E-state index < -0.39 is 23.6 Å². The van der Waals surface area contributed by atoms with E-state index in [1.165, 1.54) is 25.4 Å². The number of rotatable bonds is 6. The minimum Gasteiger partial charge on any atom is -0.465 e. The van der Waals surface area contributed by atoms with E-state index in [-0.39, 0.29) is 28.7 Å². The monoisotopic (exact) mass is 538 g/mol. The molecule has 0 spiro atoms. The maximum absolute atomic E-state index is 14.5. The van der Waals surface area contributed by atoms with Crippen molar-refractivity contribution in [3.63, 3.8) is 0 Å². The molecule has 1 amide bonds. The molecule has 1 aliphatic rings. The van der Waals surface area contributed by atoms with Crippen molar-refractivity contribution in [1.29, 1.82) is 0 Å². The zero-order chi connectivity index (χ0) is 26.8. The van der Waals surface area contributed by atoms with Gasteiger partial charge in [0.25, 0.3) is 0 Å². The zero-order valence-electron chi connectivity index (χ0n) is 20.6. The third-order valence-corrected chi connectivity index (χ3v) is 7.16. The average molecular weight is 539 g/mol. The van der Waals surface area contributed by atoms with Crippen LogP contribution in [-0.4, -0.2) is 33.5 Å². The summed E-state index contributed by atoms with van der Waals surface area (Å²) in [7, 11) is 1.27. The number of pyridine rings is 1. The first kappa shape index (κ1) is 25.8. The van der Waals surface area contributed by atoms with Crippen molar-refractivity contribution in [2.24, 2.45) is 5.92 Å². The molecule has 1 atom stereocenters. The predicted molar refractivity (Wildman–Crippen MR) is 140 cm³/mol. The number of nitrogens with one attached hydrogen (secondary N) is 1. The first-order valence-corrected chi connectivity index (χ1v) is 12.7. The molecule has 1 aliphatic carbocycles. The summed E-state index contributed by atoms with van der Waals surface area (Å²) in [6.07, 6.45) is 5.86. The molecule has 38 heavy (non-hydrogen) atoms. The maximum Gasteiger partial charge on any atom is 0.339 e. The number of halogens is 3. The summed E-state index contributed by atoms with van der Waals surface area (Å²) >= 11 is 6.10. The van der Waals surface area contributed by atoms with Gasteiger partial charge in [-0.05, 0) is 55.2 Å². The summed E-state index contributed by atoms with van der Waals surface area (Å²) < 4.78 is 35.1. The molecule has 1 fully saturated rings. The van der Waals surface area contributed by atoms with Crippen molar-refractivity contribution in [2.45, 2.75) is 38.1 Å². The van der Waals surface area contributed by atoms with Gasteiger partial charge in [-0.1, -0.05) is 30.9 Å². The molecule has 1 unspecified atom stereocenters. The van der Waals surface area contributed by atoms with Crippen LogP contribution in [-0.2, 0) is 9.53 Å². The van der Waals surface area contributed by atoms with Crippen LogP contribution < -0.4 is 5.32 Å². The SMILES string of the molecule is COC(=O)c1ccc(NC(=O)C(C2CCCCC2)n2c(-c3ccc(Cl)cc3)nc3cc(F)c(F)cc32)nc1. The number of imidazole rings is 1. The van der Waals surface area contributed by atoms with Gasteiger partial charge in [0.05, 0.1) is 23.7 Å². The van der Waals surface area contributed by atoms with Crippen LogP contribution in [0.4, 0.5) is 14.6 Å². The van der Waals surface area contributed by atoms with Gasteiger partial charge in [0, 0.05) is 28.9 Å². The molecule has 5 rings (SSSR count). The molecule has 2 aromatic carbocycles. The van der Waals surface area contributed by atoms with Crippen LogP contribution in [0.1, 0.15) is 48.5 Å². The third-order valence-electron chi connectivity index (χ3n) is 6.91. The standard InChI is InChI=1S/C28H25ClF2N4O3/c1-38-28(37)18-9-12-24(32-15-18)34-27(36)25(16-5-3-2-4-6-16)35-23-14-21(31)20(30)13-22(23)33-26(35)17-7-10-19(29)11-8-17/h7-16,25H,2-6H2,1H3,(H,32,34,36). The lowest BCUT2D eigenvalue weighted by atomic mass is 9.83. The quantitative estimate of drug-likeness (QED) is 0.280. The first-order valence-electron chi connectivity index (χ1n) is 12.3. The van der Waals surface area contributed by atoms with Crippen molar-refractivity contribution in [3.05, 3.63) is 76.9 Å². The van der Waals surface area contributed by atoms with Crippen LogP contribution in [0.15, 0.2) is 54.7 Å². The Labute approximate surface area is 222 Å². The summed E-state index contributed by atoms with van der Waals surface area (Å²) in [6.45, 7) is 0. The highest BCUT2D eigenvalue weighted by molar-refractivity contribution is 6.30. The molecule has 2 heterocycles. The van der Waals surface area contributed by atoms with E-state index in [0.29, 0.717) is 21.9 Å². The number of aromatic nitrogens is 3. The summed E-state index contributed by atoms with van der Waals surface area (Å²) in [5.74, 6) is -2.37. The van der Waals surface area contributed by atoms with Crippen LogP contribution in [0, 0.1) is 17.6 Å². The fourth-order valence-electron chi connectivity index (χ4n) is 5.07. The van der Waals surface area contributed by atoms with Crippen LogP contribution in [0.25, 0.3) is 22.4 Å². The average Bonchev–Trinajstić information content (AvgIpc) is 3.27. The molecule has 1 N–H and O–H groups in total. The summed E-state index contributed by atoms with van der Waals surface area (Å²) in [5.41, 5.74) is 1.45. The third kappa shape index (κ3) is 5.11. The van der Waals surface area contributed by atoms with Crippen molar-refractivity contribution in [2.75, 3.05) is 12.4 Å². The van der Waals surface area contributed by atoms with Gasteiger partial charge in [-0.3, -0.25) is 4.79 Å². The second-order valence-electron chi connectivity index (χ2n) is 9.32. The van der Waals surface area contributed by atoms with E-state index in [1.54, 1.807) is 28.8 Å². The van der Waals surface area contributed by atoms with Gasteiger partial charge >= 0.3 is 5.97 Å².